The predicted molar refractivity (Wildman–Crippen MR) is 122 cm³/mol. The van der Waals surface area contributed by atoms with Crippen molar-refractivity contribution < 1.29 is 0 Å². The van der Waals surface area contributed by atoms with Crippen LogP contribution in [0, 0.1) is 10.8 Å². The molecule has 1 aromatic rings. The van der Waals surface area contributed by atoms with E-state index < -0.39 is 0 Å². The third-order valence-corrected chi connectivity index (χ3v) is 4.75. The zero-order valence-corrected chi connectivity index (χ0v) is 19.1. The summed E-state index contributed by atoms with van der Waals surface area (Å²) in [6, 6.07) is 4.09. The number of hydrogen-bond donors (Lipinski definition) is 0. The monoisotopic (exact) mass is 367 g/mol. The molecule has 0 spiro atoms. The van der Waals surface area contributed by atoms with Crippen molar-refractivity contribution >= 4 is 0 Å². The molecule has 0 unspecified atom stereocenters. The van der Waals surface area contributed by atoms with Crippen LogP contribution in [-0.2, 0) is 5.54 Å². The molecule has 0 atom stereocenters. The van der Waals surface area contributed by atoms with Gasteiger partial charge in [-0.25, -0.2) is 0 Å². The van der Waals surface area contributed by atoms with Crippen molar-refractivity contribution in [3.8, 4) is 0 Å². The fourth-order valence-corrected chi connectivity index (χ4v) is 2.80. The summed E-state index contributed by atoms with van der Waals surface area (Å²) in [6.45, 7) is 20.1. The normalized spacial score (nSPS) is 16.2. The Morgan fingerprint density at radius 3 is 1.59 bits per heavy atom. The molecule has 0 bridgehead atoms. The fourth-order valence-electron chi connectivity index (χ4n) is 2.80. The van der Waals surface area contributed by atoms with Crippen molar-refractivity contribution in [2.24, 2.45) is 10.8 Å². The van der Waals surface area contributed by atoms with E-state index in [1.54, 1.807) is 5.57 Å². The molecule has 0 amide bonds. The highest BCUT2D eigenvalue weighted by Gasteiger charge is 2.16. The first-order valence-corrected chi connectivity index (χ1v) is 10.2. The third kappa shape index (κ3) is 8.65. The molecule has 150 valence electrons. The lowest BCUT2D eigenvalue weighted by molar-refractivity contribution is 0.398. The molecule has 1 nitrogen and oxygen atoms in total. The molecule has 0 saturated heterocycles. The van der Waals surface area contributed by atoms with Crippen LogP contribution >= 0.6 is 0 Å². The molecule has 0 aromatic carbocycles. The van der Waals surface area contributed by atoms with Gasteiger partial charge in [0.1, 0.15) is 0 Å². The van der Waals surface area contributed by atoms with Gasteiger partial charge in [0.15, 0.2) is 0 Å². The van der Waals surface area contributed by atoms with Crippen molar-refractivity contribution in [2.75, 3.05) is 0 Å². The Morgan fingerprint density at radius 2 is 1.37 bits per heavy atom. The van der Waals surface area contributed by atoms with E-state index >= 15 is 0 Å². The van der Waals surface area contributed by atoms with Crippen LogP contribution < -0.4 is 0 Å². The van der Waals surface area contributed by atoms with Crippen molar-refractivity contribution in [3.05, 3.63) is 72.1 Å². The van der Waals surface area contributed by atoms with Gasteiger partial charge in [-0.3, -0.25) is 0 Å². The molecule has 1 heteroatoms. The Balaban J connectivity index is 0.000000202. The summed E-state index contributed by atoms with van der Waals surface area (Å²) in [5.74, 6) is 0. The van der Waals surface area contributed by atoms with E-state index in [4.69, 9.17) is 0 Å². The summed E-state index contributed by atoms with van der Waals surface area (Å²) >= 11 is 0. The second-order valence-electron chi connectivity index (χ2n) is 10.4. The number of rotatable bonds is 0. The Labute approximate surface area is 168 Å². The van der Waals surface area contributed by atoms with E-state index in [1.165, 1.54) is 5.57 Å². The van der Waals surface area contributed by atoms with Crippen molar-refractivity contribution in [3.63, 3.8) is 0 Å². The lowest BCUT2D eigenvalue weighted by Gasteiger charge is -2.20. The molecule has 2 aliphatic rings. The average molecular weight is 368 g/mol. The van der Waals surface area contributed by atoms with Gasteiger partial charge in [-0.05, 0) is 62.1 Å². The zero-order chi connectivity index (χ0) is 20.7. The molecule has 1 heterocycles. The van der Waals surface area contributed by atoms with Crippen LogP contribution in [0.4, 0.5) is 0 Å². The number of aromatic nitrogens is 1. The lowest BCUT2D eigenvalue weighted by Crippen LogP contribution is -2.19. The Bertz CT molecular complexity index is 672. The second kappa shape index (κ2) is 9.44. The summed E-state index contributed by atoms with van der Waals surface area (Å²) in [4.78, 5) is 0. The van der Waals surface area contributed by atoms with Gasteiger partial charge in [-0.2, -0.15) is 0 Å². The van der Waals surface area contributed by atoms with Crippen LogP contribution in [0.25, 0.3) is 0 Å². The standard InChI is InChI=1S/2C9H14.C8H13N/c2*1-9(2,3)8-6-4-5-7-8;1-8(2,3)9-6-4-5-7-9/h4,6-7H,5H2,1-3H3;4-6H,7H2,1-3H3;4-7H,1-3H3. The van der Waals surface area contributed by atoms with E-state index in [0.29, 0.717) is 10.8 Å². The van der Waals surface area contributed by atoms with Gasteiger partial charge in [-0.1, -0.05) is 83.6 Å². The highest BCUT2D eigenvalue weighted by Crippen LogP contribution is 2.30. The topological polar surface area (TPSA) is 4.93 Å². The van der Waals surface area contributed by atoms with Crippen molar-refractivity contribution in [1.82, 2.24) is 4.57 Å². The lowest BCUT2D eigenvalue weighted by atomic mass is 9.86. The van der Waals surface area contributed by atoms with E-state index in [9.17, 15) is 0 Å². The molecule has 2 aliphatic carbocycles. The van der Waals surface area contributed by atoms with Crippen LogP contribution in [-0.4, -0.2) is 4.57 Å². The molecule has 3 rings (SSSR count). The maximum Gasteiger partial charge on any atom is 0.0355 e. The summed E-state index contributed by atoms with van der Waals surface area (Å²) < 4.78 is 2.19. The Hall–Kier alpha value is -1.76. The van der Waals surface area contributed by atoms with E-state index in [0.717, 1.165) is 12.8 Å². The molecule has 1 aromatic heterocycles. The van der Waals surface area contributed by atoms with E-state index in [1.807, 2.05) is 12.1 Å². The van der Waals surface area contributed by atoms with Crippen LogP contribution in [0.15, 0.2) is 72.1 Å². The summed E-state index contributed by atoms with van der Waals surface area (Å²) in [5.41, 5.74) is 3.99. The first kappa shape index (κ1) is 23.3. The maximum atomic E-state index is 2.29. The molecule has 0 fully saturated rings. The number of nitrogens with zero attached hydrogens (tertiary/aromatic N) is 1. The average Bonchev–Trinajstić information content (AvgIpc) is 3.28. The smallest absolute Gasteiger partial charge is 0.0355 e. The highest BCUT2D eigenvalue weighted by molar-refractivity contribution is 5.30. The second-order valence-corrected chi connectivity index (χ2v) is 10.4. The van der Waals surface area contributed by atoms with Crippen LogP contribution in [0.3, 0.4) is 0 Å². The molecule has 0 saturated carbocycles. The van der Waals surface area contributed by atoms with Crippen LogP contribution in [0.5, 0.6) is 0 Å². The highest BCUT2D eigenvalue weighted by atomic mass is 15.0. The predicted octanol–water partition coefficient (Wildman–Crippen LogP) is 8.08. The zero-order valence-electron chi connectivity index (χ0n) is 19.1. The first-order chi connectivity index (χ1) is 12.3. The molecule has 27 heavy (non-hydrogen) atoms. The van der Waals surface area contributed by atoms with Gasteiger partial charge < -0.3 is 4.57 Å². The Kier molecular flexibility index (Phi) is 8.14. The van der Waals surface area contributed by atoms with Gasteiger partial charge >= 0.3 is 0 Å². The molecular weight excluding hydrogens is 326 g/mol. The Morgan fingerprint density at radius 1 is 0.778 bits per heavy atom. The first-order valence-electron chi connectivity index (χ1n) is 10.2. The number of hydrogen-bond acceptors (Lipinski definition) is 0. The third-order valence-electron chi connectivity index (χ3n) is 4.75. The molecule has 0 N–H and O–H groups in total. The largest absolute Gasteiger partial charge is 0.349 e. The minimum absolute atomic E-state index is 0.240. The van der Waals surface area contributed by atoms with Crippen LogP contribution in [0.1, 0.15) is 75.2 Å². The van der Waals surface area contributed by atoms with Gasteiger partial charge in [0.2, 0.25) is 0 Å². The van der Waals surface area contributed by atoms with E-state index in [2.05, 4.69) is 116 Å². The minimum atomic E-state index is 0.240. The minimum Gasteiger partial charge on any atom is -0.349 e. The molecule has 0 radical (unpaired) electrons. The fraction of sp³-hybridized carbons (Fsp3) is 0.538. The molecule has 0 aliphatic heterocycles. The quantitative estimate of drug-likeness (QED) is 0.436. The van der Waals surface area contributed by atoms with Crippen molar-refractivity contribution in [2.45, 2.75) is 80.7 Å². The van der Waals surface area contributed by atoms with Crippen LogP contribution in [0.2, 0.25) is 0 Å². The van der Waals surface area contributed by atoms with Crippen molar-refractivity contribution in [1.29, 1.82) is 0 Å². The maximum absolute atomic E-state index is 2.29. The van der Waals surface area contributed by atoms with Gasteiger partial charge in [-0.15, -0.1) is 0 Å². The van der Waals surface area contributed by atoms with Gasteiger partial charge in [0.25, 0.3) is 0 Å². The van der Waals surface area contributed by atoms with Gasteiger partial charge in [0.05, 0.1) is 0 Å². The summed E-state index contributed by atoms with van der Waals surface area (Å²) in [7, 11) is 0. The van der Waals surface area contributed by atoms with Gasteiger partial charge in [0, 0.05) is 17.9 Å². The summed E-state index contributed by atoms with van der Waals surface area (Å²) in [6.07, 6.45) is 19.7. The number of allylic oxidation sites excluding steroid dienone is 8. The van der Waals surface area contributed by atoms with E-state index in [-0.39, 0.29) is 5.54 Å². The SMILES string of the molecule is CC(C)(C)C1=CC=CC1.CC(C)(C)C1=CCC=C1.CC(C)(C)n1cccc1. The molecular formula is C26H41N. The summed E-state index contributed by atoms with van der Waals surface area (Å²) in [5, 5.41) is 0.